The number of nitrogens with zero attached hydrogens (tertiary/aromatic N) is 2. The molecule has 0 saturated heterocycles. The first-order valence-corrected chi connectivity index (χ1v) is 6.60. The van der Waals surface area contributed by atoms with Gasteiger partial charge in [-0.25, -0.2) is 4.68 Å². The molecule has 19 heavy (non-hydrogen) atoms. The van der Waals surface area contributed by atoms with Crippen LogP contribution in [0.1, 0.15) is 24.2 Å². The van der Waals surface area contributed by atoms with Crippen molar-refractivity contribution in [1.29, 1.82) is 0 Å². The van der Waals surface area contributed by atoms with Gasteiger partial charge in [0.05, 0.1) is 18.5 Å². The van der Waals surface area contributed by atoms with Crippen molar-refractivity contribution in [3.8, 4) is 11.4 Å². The number of ether oxygens (including phenoxy) is 1. The lowest BCUT2D eigenvalue weighted by Gasteiger charge is -2.08. The van der Waals surface area contributed by atoms with Crippen molar-refractivity contribution in [2.24, 2.45) is 5.73 Å². The molecule has 0 radical (unpaired) electrons. The monoisotopic (exact) mass is 257 g/mol. The Morgan fingerprint density at radius 2 is 2.16 bits per heavy atom. The minimum atomic E-state index is 0.134. The van der Waals surface area contributed by atoms with E-state index in [1.807, 2.05) is 28.9 Å². The van der Waals surface area contributed by atoms with Crippen molar-refractivity contribution >= 4 is 0 Å². The largest absolute Gasteiger partial charge is 0.497 e. The van der Waals surface area contributed by atoms with Gasteiger partial charge in [-0.15, -0.1) is 0 Å². The van der Waals surface area contributed by atoms with Crippen molar-refractivity contribution in [2.45, 2.75) is 25.2 Å². The van der Waals surface area contributed by atoms with Crippen LogP contribution in [0.5, 0.6) is 5.75 Å². The molecule has 1 aliphatic rings. The van der Waals surface area contributed by atoms with Crippen molar-refractivity contribution in [3.05, 3.63) is 41.7 Å². The molecular formula is C15H19N3O. The third-order valence-corrected chi connectivity index (χ3v) is 3.97. The molecule has 0 bridgehead atoms. The van der Waals surface area contributed by atoms with Crippen molar-refractivity contribution < 1.29 is 4.74 Å². The lowest BCUT2D eigenvalue weighted by atomic mass is 10.0. The van der Waals surface area contributed by atoms with Gasteiger partial charge >= 0.3 is 0 Å². The molecular weight excluding hydrogens is 238 g/mol. The van der Waals surface area contributed by atoms with Gasteiger partial charge in [0, 0.05) is 23.7 Å². The molecule has 2 N–H and O–H groups in total. The predicted octanol–water partition coefficient (Wildman–Crippen LogP) is 2.18. The maximum atomic E-state index is 5.88. The number of aromatic nitrogens is 2. The summed E-state index contributed by atoms with van der Waals surface area (Å²) in [4.78, 5) is 0. The summed E-state index contributed by atoms with van der Waals surface area (Å²) in [7, 11) is 1.67. The van der Waals surface area contributed by atoms with Gasteiger partial charge in [0.25, 0.3) is 0 Å². The molecule has 1 aromatic carbocycles. The number of nitrogens with two attached hydrogens (primary N) is 1. The van der Waals surface area contributed by atoms with Crippen molar-refractivity contribution in [2.75, 3.05) is 13.7 Å². The average molecular weight is 257 g/mol. The predicted molar refractivity (Wildman–Crippen MR) is 74.8 cm³/mol. The Morgan fingerprint density at radius 1 is 1.37 bits per heavy atom. The highest BCUT2D eigenvalue weighted by molar-refractivity contribution is 5.41. The van der Waals surface area contributed by atoms with Crippen LogP contribution in [0.15, 0.2) is 30.3 Å². The van der Waals surface area contributed by atoms with E-state index in [2.05, 4.69) is 13.0 Å². The van der Waals surface area contributed by atoms with Crippen LogP contribution in [0.4, 0.5) is 0 Å². The molecule has 0 amide bonds. The third-order valence-electron chi connectivity index (χ3n) is 3.97. The minimum Gasteiger partial charge on any atom is -0.497 e. The van der Waals surface area contributed by atoms with Crippen molar-refractivity contribution in [1.82, 2.24) is 9.78 Å². The second kappa shape index (κ2) is 4.38. The van der Waals surface area contributed by atoms with Crippen molar-refractivity contribution in [3.63, 3.8) is 0 Å². The van der Waals surface area contributed by atoms with Crippen LogP contribution in [-0.4, -0.2) is 23.4 Å². The summed E-state index contributed by atoms with van der Waals surface area (Å²) in [6.07, 6.45) is 2.30. The highest BCUT2D eigenvalue weighted by Crippen LogP contribution is 2.46. The van der Waals surface area contributed by atoms with Crippen LogP contribution >= 0.6 is 0 Å². The molecule has 1 heterocycles. The molecule has 1 aliphatic carbocycles. The Kier molecular flexibility index (Phi) is 2.82. The molecule has 4 nitrogen and oxygen atoms in total. The Morgan fingerprint density at radius 3 is 2.79 bits per heavy atom. The quantitative estimate of drug-likeness (QED) is 0.913. The number of rotatable bonds is 4. The Labute approximate surface area is 113 Å². The summed E-state index contributed by atoms with van der Waals surface area (Å²) >= 11 is 0. The van der Waals surface area contributed by atoms with E-state index >= 15 is 0 Å². The molecule has 1 aromatic heterocycles. The number of methoxy groups -OCH3 is 1. The van der Waals surface area contributed by atoms with Gasteiger partial charge in [0.2, 0.25) is 0 Å². The van der Waals surface area contributed by atoms with E-state index in [0.717, 1.165) is 35.7 Å². The number of aryl methyl sites for hydroxylation is 1. The summed E-state index contributed by atoms with van der Waals surface area (Å²) < 4.78 is 7.23. The first kappa shape index (κ1) is 12.2. The Bertz CT molecular complexity index is 599. The second-order valence-electron chi connectivity index (χ2n) is 5.27. The van der Waals surface area contributed by atoms with E-state index in [9.17, 15) is 0 Å². The molecule has 2 aromatic rings. The van der Waals surface area contributed by atoms with E-state index in [1.165, 1.54) is 0 Å². The highest BCUT2D eigenvalue weighted by Gasteiger charge is 2.45. The van der Waals surface area contributed by atoms with E-state index < -0.39 is 0 Å². The number of benzene rings is 1. The first-order chi connectivity index (χ1) is 9.18. The molecule has 0 unspecified atom stereocenters. The fourth-order valence-electron chi connectivity index (χ4n) is 2.45. The maximum Gasteiger partial charge on any atom is 0.121 e. The average Bonchev–Trinajstić information content (AvgIpc) is 3.16. The molecule has 0 spiro atoms. The summed E-state index contributed by atoms with van der Waals surface area (Å²) in [6, 6.07) is 10.1. The normalized spacial score (nSPS) is 16.4. The van der Waals surface area contributed by atoms with Crippen LogP contribution in [0.2, 0.25) is 0 Å². The zero-order valence-corrected chi connectivity index (χ0v) is 11.4. The number of hydrogen-bond acceptors (Lipinski definition) is 3. The van der Waals surface area contributed by atoms with Gasteiger partial charge in [-0.3, -0.25) is 0 Å². The standard InChI is InChI=1S/C15H19N3O/c1-11-8-14(15(10-16)6-7-15)17-18(11)12-4-3-5-13(9-12)19-2/h3-5,8-9H,6-7,10,16H2,1-2H3. The topological polar surface area (TPSA) is 53.1 Å². The molecule has 100 valence electrons. The van der Waals surface area contributed by atoms with E-state index in [1.54, 1.807) is 7.11 Å². The van der Waals surface area contributed by atoms with Crippen LogP contribution in [0, 0.1) is 6.92 Å². The van der Waals surface area contributed by atoms with Gasteiger partial charge in [0.15, 0.2) is 0 Å². The van der Waals surface area contributed by atoms with Crippen LogP contribution in [-0.2, 0) is 5.41 Å². The molecule has 0 atom stereocenters. The summed E-state index contributed by atoms with van der Waals surface area (Å²) in [5.74, 6) is 0.842. The van der Waals surface area contributed by atoms with Gasteiger partial charge in [-0.1, -0.05) is 6.07 Å². The fourth-order valence-corrected chi connectivity index (χ4v) is 2.45. The van der Waals surface area contributed by atoms with Crippen LogP contribution in [0.3, 0.4) is 0 Å². The second-order valence-corrected chi connectivity index (χ2v) is 5.27. The lowest BCUT2D eigenvalue weighted by molar-refractivity contribution is 0.414. The maximum absolute atomic E-state index is 5.88. The summed E-state index contributed by atoms with van der Waals surface area (Å²) in [5.41, 5.74) is 9.28. The van der Waals surface area contributed by atoms with E-state index in [4.69, 9.17) is 15.6 Å². The van der Waals surface area contributed by atoms with Gasteiger partial charge in [0.1, 0.15) is 5.75 Å². The smallest absolute Gasteiger partial charge is 0.121 e. The zero-order valence-electron chi connectivity index (χ0n) is 11.4. The molecule has 1 fully saturated rings. The summed E-state index contributed by atoms with van der Waals surface area (Å²) in [5, 5.41) is 4.74. The van der Waals surface area contributed by atoms with Crippen LogP contribution in [0.25, 0.3) is 5.69 Å². The third kappa shape index (κ3) is 2.02. The van der Waals surface area contributed by atoms with Gasteiger partial charge in [-0.2, -0.15) is 5.10 Å². The summed E-state index contributed by atoms with van der Waals surface area (Å²) in [6.45, 7) is 2.75. The zero-order chi connectivity index (χ0) is 13.5. The van der Waals surface area contributed by atoms with E-state index in [-0.39, 0.29) is 5.41 Å². The van der Waals surface area contributed by atoms with Gasteiger partial charge < -0.3 is 10.5 Å². The SMILES string of the molecule is COc1cccc(-n2nc(C3(CN)CC3)cc2C)c1. The highest BCUT2D eigenvalue weighted by atomic mass is 16.5. The molecule has 0 aliphatic heterocycles. The van der Waals surface area contributed by atoms with Crippen LogP contribution < -0.4 is 10.5 Å². The molecule has 1 saturated carbocycles. The molecule has 3 rings (SSSR count). The Balaban J connectivity index is 2.01. The number of hydrogen-bond donors (Lipinski definition) is 1. The first-order valence-electron chi connectivity index (χ1n) is 6.60. The van der Waals surface area contributed by atoms with E-state index in [0.29, 0.717) is 6.54 Å². The van der Waals surface area contributed by atoms with Gasteiger partial charge in [-0.05, 0) is 38.0 Å². The molecule has 4 heteroatoms. The minimum absolute atomic E-state index is 0.134. The fraction of sp³-hybridized carbons (Fsp3) is 0.400. The lowest BCUT2D eigenvalue weighted by Crippen LogP contribution is -2.20. The Hall–Kier alpha value is -1.81.